The molecule has 2 fully saturated rings. The molecular weight excluding hydrogens is 344 g/mol. The van der Waals surface area contributed by atoms with E-state index in [1.165, 1.54) is 27.7 Å². The Kier molecular flexibility index (Phi) is 4.09. The number of benzene rings is 1. The van der Waals surface area contributed by atoms with Crippen LogP contribution in [0.2, 0.25) is 0 Å². The highest BCUT2D eigenvalue weighted by Crippen LogP contribution is 2.53. The predicted octanol–water partition coefficient (Wildman–Crippen LogP) is 4.54. The van der Waals surface area contributed by atoms with Crippen molar-refractivity contribution in [3.63, 3.8) is 0 Å². The molecule has 3 unspecified atom stereocenters. The Morgan fingerprint density at radius 2 is 2.07 bits per heavy atom. The molecular formula is C25H34N2O. The summed E-state index contributed by atoms with van der Waals surface area (Å²) >= 11 is 0. The molecule has 150 valence electrons. The van der Waals surface area contributed by atoms with Gasteiger partial charge in [0.05, 0.1) is 11.6 Å². The highest BCUT2D eigenvalue weighted by molar-refractivity contribution is 5.87. The van der Waals surface area contributed by atoms with Gasteiger partial charge in [-0.3, -0.25) is 4.90 Å². The zero-order chi connectivity index (χ0) is 19.8. The number of rotatable bonds is 0. The van der Waals surface area contributed by atoms with Gasteiger partial charge in [-0.05, 0) is 81.1 Å². The first-order valence-corrected chi connectivity index (χ1v) is 11.0. The zero-order valence-electron chi connectivity index (χ0n) is 18.0. The first-order valence-electron chi connectivity index (χ1n) is 11.0. The van der Waals surface area contributed by atoms with E-state index in [4.69, 9.17) is 0 Å². The third-order valence-electron chi connectivity index (χ3n) is 8.42. The molecule has 3 heteroatoms. The summed E-state index contributed by atoms with van der Waals surface area (Å²) in [7, 11) is 2.26. The second kappa shape index (κ2) is 6.21. The Bertz CT molecular complexity index is 971. The van der Waals surface area contributed by atoms with Crippen molar-refractivity contribution in [1.82, 2.24) is 9.47 Å². The largest absolute Gasteiger partial charge is 0.388 e. The van der Waals surface area contributed by atoms with Crippen molar-refractivity contribution in [3.05, 3.63) is 46.7 Å². The quantitative estimate of drug-likeness (QED) is 0.682. The second-order valence-corrected chi connectivity index (χ2v) is 9.88. The molecule has 3 aliphatic rings. The highest BCUT2D eigenvalue weighted by Gasteiger charge is 2.52. The molecule has 1 N–H and O–H groups in total. The minimum Gasteiger partial charge on any atom is -0.388 e. The van der Waals surface area contributed by atoms with Gasteiger partial charge in [0.25, 0.3) is 0 Å². The number of piperidine rings is 1. The number of nitrogens with zero attached hydrogens (tertiary/aromatic N) is 2. The van der Waals surface area contributed by atoms with Gasteiger partial charge in [-0.1, -0.05) is 24.6 Å². The highest BCUT2D eigenvalue weighted by atomic mass is 16.3. The van der Waals surface area contributed by atoms with E-state index in [0.717, 1.165) is 32.4 Å². The lowest BCUT2D eigenvalue weighted by molar-refractivity contribution is -0.0665. The molecule has 5 atom stereocenters. The van der Waals surface area contributed by atoms with Crippen LogP contribution in [0.1, 0.15) is 50.4 Å². The topological polar surface area (TPSA) is 28.4 Å². The number of allylic oxidation sites excluding steroid dienone is 1. The maximum absolute atomic E-state index is 10.9. The number of aliphatic hydroxyl groups excluding tert-OH is 1. The van der Waals surface area contributed by atoms with Crippen LogP contribution in [0.5, 0.6) is 0 Å². The molecule has 3 nitrogen and oxygen atoms in total. The van der Waals surface area contributed by atoms with E-state index in [2.05, 4.69) is 68.5 Å². The van der Waals surface area contributed by atoms with Crippen LogP contribution in [-0.2, 0) is 19.0 Å². The molecule has 2 aliphatic heterocycles. The Morgan fingerprint density at radius 3 is 2.82 bits per heavy atom. The Morgan fingerprint density at radius 1 is 1.29 bits per heavy atom. The van der Waals surface area contributed by atoms with Gasteiger partial charge in [0.15, 0.2) is 0 Å². The maximum Gasteiger partial charge on any atom is 0.0778 e. The molecule has 1 aromatic heterocycles. The summed E-state index contributed by atoms with van der Waals surface area (Å²) in [6.07, 6.45) is 5.27. The van der Waals surface area contributed by atoms with E-state index in [-0.39, 0.29) is 11.6 Å². The van der Waals surface area contributed by atoms with Crippen LogP contribution in [0.15, 0.2) is 29.8 Å². The molecule has 5 rings (SSSR count). The zero-order valence-corrected chi connectivity index (χ0v) is 18.0. The SMILES string of the molecule is C/C=C1\CC2CN3CCc4c(n(C)c5ccc(C)cc45)[C@]3(C)CC2[C@@H](C)C1O. The van der Waals surface area contributed by atoms with E-state index in [1.807, 2.05) is 0 Å². The molecule has 0 radical (unpaired) electrons. The van der Waals surface area contributed by atoms with E-state index in [1.54, 1.807) is 5.56 Å². The lowest BCUT2D eigenvalue weighted by Gasteiger charge is -2.57. The van der Waals surface area contributed by atoms with Crippen molar-refractivity contribution in [3.8, 4) is 0 Å². The molecule has 1 aliphatic carbocycles. The summed E-state index contributed by atoms with van der Waals surface area (Å²) in [5, 5.41) is 12.3. The normalized spacial score (nSPS) is 37.0. The van der Waals surface area contributed by atoms with Crippen molar-refractivity contribution < 1.29 is 5.11 Å². The van der Waals surface area contributed by atoms with E-state index < -0.39 is 0 Å². The molecule has 1 saturated carbocycles. The number of aliphatic hydroxyl groups is 1. The van der Waals surface area contributed by atoms with Crippen LogP contribution < -0.4 is 0 Å². The van der Waals surface area contributed by atoms with Crippen molar-refractivity contribution in [2.45, 2.75) is 58.6 Å². The lowest BCUT2D eigenvalue weighted by Crippen LogP contribution is -2.59. The number of aryl methyl sites for hydroxylation is 2. The molecule has 0 amide bonds. The van der Waals surface area contributed by atoms with Crippen molar-refractivity contribution in [1.29, 1.82) is 0 Å². The first-order chi connectivity index (χ1) is 13.3. The molecule has 2 aromatic rings. The second-order valence-electron chi connectivity index (χ2n) is 9.88. The van der Waals surface area contributed by atoms with Crippen LogP contribution in [0.25, 0.3) is 10.9 Å². The lowest BCUT2D eigenvalue weighted by atomic mass is 9.61. The Labute approximate surface area is 169 Å². The van der Waals surface area contributed by atoms with Crippen LogP contribution in [-0.4, -0.2) is 33.8 Å². The minimum absolute atomic E-state index is 0.0673. The summed E-state index contributed by atoms with van der Waals surface area (Å²) in [4.78, 5) is 2.76. The molecule has 1 saturated heterocycles. The predicted molar refractivity (Wildman–Crippen MR) is 115 cm³/mol. The fourth-order valence-electron chi connectivity index (χ4n) is 6.89. The first kappa shape index (κ1) is 18.4. The molecule has 0 spiro atoms. The van der Waals surface area contributed by atoms with Gasteiger partial charge in [0, 0.05) is 36.7 Å². The fourth-order valence-corrected chi connectivity index (χ4v) is 6.89. The number of fused-ring (bicyclic) bond motifs is 6. The number of aromatic nitrogens is 1. The summed E-state index contributed by atoms with van der Waals surface area (Å²) in [5.74, 6) is 1.60. The van der Waals surface area contributed by atoms with Crippen LogP contribution in [0.3, 0.4) is 0 Å². The summed E-state index contributed by atoms with van der Waals surface area (Å²) in [6.45, 7) is 11.3. The average molecular weight is 379 g/mol. The summed E-state index contributed by atoms with van der Waals surface area (Å²) < 4.78 is 2.47. The molecule has 3 heterocycles. The third-order valence-corrected chi connectivity index (χ3v) is 8.42. The molecule has 0 bridgehead atoms. The van der Waals surface area contributed by atoms with Gasteiger partial charge in [-0.2, -0.15) is 0 Å². The van der Waals surface area contributed by atoms with E-state index >= 15 is 0 Å². The Hall–Kier alpha value is -1.58. The van der Waals surface area contributed by atoms with Gasteiger partial charge in [0.1, 0.15) is 0 Å². The summed E-state index contributed by atoms with van der Waals surface area (Å²) in [6, 6.07) is 6.92. The van der Waals surface area contributed by atoms with Crippen LogP contribution in [0.4, 0.5) is 0 Å². The Balaban J connectivity index is 1.62. The van der Waals surface area contributed by atoms with E-state index in [9.17, 15) is 5.11 Å². The third kappa shape index (κ3) is 2.35. The van der Waals surface area contributed by atoms with Crippen molar-refractivity contribution >= 4 is 10.9 Å². The van der Waals surface area contributed by atoms with Gasteiger partial charge in [-0.15, -0.1) is 0 Å². The fraction of sp³-hybridized carbons (Fsp3) is 0.600. The van der Waals surface area contributed by atoms with Crippen LogP contribution in [0, 0.1) is 24.7 Å². The standard InChI is InChI=1S/C25H34N2O/c1-6-17-12-18-14-27-10-9-19-20-11-15(2)7-8-22(20)26(5)24(19)25(27,4)13-21(18)16(3)23(17)28/h6-8,11,16,18,21,23,28H,9-10,12-14H2,1-5H3/b17-6+/t16-,18?,21?,23?,25+/m1/s1. The van der Waals surface area contributed by atoms with Gasteiger partial charge in [-0.25, -0.2) is 0 Å². The van der Waals surface area contributed by atoms with Crippen molar-refractivity contribution in [2.24, 2.45) is 24.8 Å². The maximum atomic E-state index is 10.9. The smallest absolute Gasteiger partial charge is 0.0778 e. The molecule has 28 heavy (non-hydrogen) atoms. The van der Waals surface area contributed by atoms with Crippen LogP contribution >= 0.6 is 0 Å². The number of hydrogen-bond acceptors (Lipinski definition) is 2. The summed E-state index contributed by atoms with van der Waals surface area (Å²) in [5.41, 5.74) is 7.13. The number of hydrogen-bond donors (Lipinski definition) is 1. The van der Waals surface area contributed by atoms with Gasteiger partial charge < -0.3 is 9.67 Å². The van der Waals surface area contributed by atoms with E-state index in [0.29, 0.717) is 17.8 Å². The van der Waals surface area contributed by atoms with Gasteiger partial charge >= 0.3 is 0 Å². The average Bonchev–Trinajstić information content (AvgIpc) is 2.96. The van der Waals surface area contributed by atoms with Gasteiger partial charge in [0.2, 0.25) is 0 Å². The monoisotopic (exact) mass is 378 g/mol. The molecule has 1 aromatic carbocycles. The minimum atomic E-state index is -0.264. The van der Waals surface area contributed by atoms with Crippen molar-refractivity contribution in [2.75, 3.05) is 13.1 Å².